The van der Waals surface area contributed by atoms with Crippen LogP contribution in [0.2, 0.25) is 0 Å². The van der Waals surface area contributed by atoms with Crippen LogP contribution in [0.15, 0.2) is 0 Å². The molecule has 3 N–H and O–H groups in total. The summed E-state index contributed by atoms with van der Waals surface area (Å²) in [6.07, 6.45) is 5.73. The van der Waals surface area contributed by atoms with E-state index in [4.69, 9.17) is 5.73 Å². The van der Waals surface area contributed by atoms with Crippen molar-refractivity contribution in [2.75, 3.05) is 19.6 Å². The van der Waals surface area contributed by atoms with Gasteiger partial charge in [0, 0.05) is 19.5 Å². The summed E-state index contributed by atoms with van der Waals surface area (Å²) in [4.78, 5) is 25.4. The number of carbonyl (C=O) groups excluding carboxylic acids is 1. The zero-order valence-corrected chi connectivity index (χ0v) is 13.4. The predicted molar refractivity (Wildman–Crippen MR) is 82.9 cm³/mol. The monoisotopic (exact) mass is 298 g/mol. The number of carboxylic acid groups (broad SMARTS) is 1. The molecule has 0 saturated carbocycles. The topological polar surface area (TPSA) is 83.6 Å². The van der Waals surface area contributed by atoms with Crippen molar-refractivity contribution in [1.29, 1.82) is 0 Å². The lowest BCUT2D eigenvalue weighted by Crippen LogP contribution is -2.36. The van der Waals surface area contributed by atoms with Gasteiger partial charge in [-0.15, -0.1) is 0 Å². The number of likely N-dealkylation sites (tertiary alicyclic amines) is 1. The molecule has 0 aromatic carbocycles. The third kappa shape index (κ3) is 4.70. The van der Waals surface area contributed by atoms with E-state index in [-0.39, 0.29) is 5.91 Å². The van der Waals surface area contributed by atoms with Gasteiger partial charge < -0.3 is 15.7 Å². The molecule has 5 nitrogen and oxygen atoms in total. The second-order valence-electron chi connectivity index (χ2n) is 6.28. The Balaban J connectivity index is 2.48. The molecule has 1 heterocycles. The van der Waals surface area contributed by atoms with E-state index in [1.54, 1.807) is 4.90 Å². The van der Waals surface area contributed by atoms with E-state index in [9.17, 15) is 14.7 Å². The fraction of sp³-hybridized carbons (Fsp3) is 0.875. The lowest BCUT2D eigenvalue weighted by molar-refractivity contribution is -0.148. The largest absolute Gasteiger partial charge is 0.481 e. The third-order valence-electron chi connectivity index (χ3n) is 4.88. The molecular formula is C16H30N2O3. The first-order chi connectivity index (χ1) is 9.99. The number of hydrogen-bond donors (Lipinski definition) is 2. The summed E-state index contributed by atoms with van der Waals surface area (Å²) in [5.41, 5.74) is 4.89. The Hall–Kier alpha value is -1.10. The van der Waals surface area contributed by atoms with Gasteiger partial charge >= 0.3 is 5.97 Å². The first-order valence-corrected chi connectivity index (χ1v) is 8.20. The molecule has 2 atom stereocenters. The van der Waals surface area contributed by atoms with Crippen LogP contribution in [0, 0.1) is 11.3 Å². The molecule has 1 aliphatic rings. The highest BCUT2D eigenvalue weighted by Crippen LogP contribution is 2.34. The average Bonchev–Trinajstić information content (AvgIpc) is 2.91. The zero-order chi connectivity index (χ0) is 15.9. The van der Waals surface area contributed by atoms with Crippen molar-refractivity contribution in [3.8, 4) is 0 Å². The highest BCUT2D eigenvalue weighted by atomic mass is 16.4. The standard InChI is InChI=1S/C16H30N2O3/c1-3-5-13(8-10-17)6-7-14(19)18-11-9-16(4-2,12-18)15(20)21/h13H,3-12,17H2,1-2H3,(H,20,21). The number of nitrogens with zero attached hydrogens (tertiary/aromatic N) is 1. The van der Waals surface area contributed by atoms with Crippen LogP contribution >= 0.6 is 0 Å². The lowest BCUT2D eigenvalue weighted by Gasteiger charge is -2.23. The number of carboxylic acids is 1. The van der Waals surface area contributed by atoms with Gasteiger partial charge in [0.2, 0.25) is 5.91 Å². The molecule has 1 rings (SSSR count). The van der Waals surface area contributed by atoms with Crippen LogP contribution in [-0.2, 0) is 9.59 Å². The van der Waals surface area contributed by atoms with Crippen LogP contribution in [0.1, 0.15) is 58.8 Å². The maximum atomic E-state index is 12.3. The maximum Gasteiger partial charge on any atom is 0.311 e. The number of amides is 1. The van der Waals surface area contributed by atoms with Crippen molar-refractivity contribution in [3.63, 3.8) is 0 Å². The van der Waals surface area contributed by atoms with Gasteiger partial charge in [-0.25, -0.2) is 0 Å². The van der Waals surface area contributed by atoms with E-state index in [0.717, 1.165) is 25.7 Å². The Bertz CT molecular complexity index is 353. The normalized spacial score (nSPS) is 23.3. The summed E-state index contributed by atoms with van der Waals surface area (Å²) < 4.78 is 0. The fourth-order valence-corrected chi connectivity index (χ4v) is 3.26. The molecule has 122 valence electrons. The molecule has 0 aliphatic carbocycles. The van der Waals surface area contributed by atoms with Crippen molar-refractivity contribution in [2.24, 2.45) is 17.1 Å². The van der Waals surface area contributed by atoms with E-state index in [0.29, 0.717) is 44.8 Å². The van der Waals surface area contributed by atoms with Crippen LogP contribution in [0.25, 0.3) is 0 Å². The van der Waals surface area contributed by atoms with E-state index in [1.165, 1.54) is 0 Å². The molecule has 21 heavy (non-hydrogen) atoms. The van der Waals surface area contributed by atoms with Crippen LogP contribution in [0.3, 0.4) is 0 Å². The van der Waals surface area contributed by atoms with Gasteiger partial charge in [-0.1, -0.05) is 26.7 Å². The van der Waals surface area contributed by atoms with Gasteiger partial charge in [0.1, 0.15) is 0 Å². The summed E-state index contributed by atoms with van der Waals surface area (Å²) in [7, 11) is 0. The Labute approximate surface area is 127 Å². The van der Waals surface area contributed by atoms with Crippen molar-refractivity contribution in [1.82, 2.24) is 4.90 Å². The molecule has 0 spiro atoms. The first-order valence-electron chi connectivity index (χ1n) is 8.20. The zero-order valence-electron chi connectivity index (χ0n) is 13.4. The highest BCUT2D eigenvalue weighted by Gasteiger charge is 2.44. The summed E-state index contributed by atoms with van der Waals surface area (Å²) in [5.74, 6) is -0.154. The molecule has 0 aromatic heterocycles. The van der Waals surface area contributed by atoms with Crippen molar-refractivity contribution in [3.05, 3.63) is 0 Å². The summed E-state index contributed by atoms with van der Waals surface area (Å²) in [5, 5.41) is 9.37. The van der Waals surface area contributed by atoms with Crippen LogP contribution in [0.4, 0.5) is 0 Å². The minimum Gasteiger partial charge on any atom is -0.481 e. The minimum absolute atomic E-state index is 0.102. The Morgan fingerprint density at radius 2 is 2.00 bits per heavy atom. The van der Waals surface area contributed by atoms with Gasteiger partial charge in [0.05, 0.1) is 5.41 Å². The molecule has 1 fully saturated rings. The summed E-state index contributed by atoms with van der Waals surface area (Å²) in [6, 6.07) is 0. The Morgan fingerprint density at radius 3 is 2.48 bits per heavy atom. The maximum absolute atomic E-state index is 12.3. The molecule has 2 unspecified atom stereocenters. The van der Waals surface area contributed by atoms with Crippen molar-refractivity contribution in [2.45, 2.75) is 58.8 Å². The summed E-state index contributed by atoms with van der Waals surface area (Å²) >= 11 is 0. The fourth-order valence-electron chi connectivity index (χ4n) is 3.26. The second-order valence-corrected chi connectivity index (χ2v) is 6.28. The average molecular weight is 298 g/mol. The van der Waals surface area contributed by atoms with Crippen molar-refractivity contribution < 1.29 is 14.7 Å². The SMILES string of the molecule is CCCC(CCN)CCC(=O)N1CCC(CC)(C(=O)O)C1. The van der Waals surface area contributed by atoms with E-state index in [2.05, 4.69) is 6.92 Å². The third-order valence-corrected chi connectivity index (χ3v) is 4.88. The Morgan fingerprint density at radius 1 is 1.29 bits per heavy atom. The number of rotatable bonds is 9. The van der Waals surface area contributed by atoms with E-state index >= 15 is 0 Å². The van der Waals surface area contributed by atoms with Crippen LogP contribution < -0.4 is 5.73 Å². The van der Waals surface area contributed by atoms with Crippen molar-refractivity contribution >= 4 is 11.9 Å². The Kier molecular flexibility index (Phi) is 7.15. The molecule has 0 bridgehead atoms. The van der Waals surface area contributed by atoms with Gasteiger partial charge in [-0.3, -0.25) is 9.59 Å². The van der Waals surface area contributed by atoms with Crippen LogP contribution in [-0.4, -0.2) is 41.5 Å². The van der Waals surface area contributed by atoms with E-state index < -0.39 is 11.4 Å². The lowest BCUT2D eigenvalue weighted by atomic mass is 9.84. The molecule has 1 aliphatic heterocycles. The number of aliphatic carboxylic acids is 1. The second kappa shape index (κ2) is 8.37. The number of carbonyl (C=O) groups is 2. The molecule has 0 aromatic rings. The summed E-state index contributed by atoms with van der Waals surface area (Å²) in [6.45, 7) is 5.65. The minimum atomic E-state index is -0.771. The number of hydrogen-bond acceptors (Lipinski definition) is 3. The number of nitrogens with two attached hydrogens (primary N) is 1. The predicted octanol–water partition coefficient (Wildman–Crippen LogP) is 2.25. The van der Waals surface area contributed by atoms with Gasteiger partial charge in [-0.2, -0.15) is 0 Å². The molecular weight excluding hydrogens is 268 g/mol. The molecule has 1 amide bonds. The van der Waals surface area contributed by atoms with Gasteiger partial charge in [0.15, 0.2) is 0 Å². The highest BCUT2D eigenvalue weighted by molar-refractivity contribution is 5.80. The van der Waals surface area contributed by atoms with Gasteiger partial charge in [-0.05, 0) is 38.1 Å². The van der Waals surface area contributed by atoms with E-state index in [1.807, 2.05) is 6.92 Å². The molecule has 0 radical (unpaired) electrons. The van der Waals surface area contributed by atoms with Crippen LogP contribution in [0.5, 0.6) is 0 Å². The van der Waals surface area contributed by atoms with Gasteiger partial charge in [0.25, 0.3) is 0 Å². The quantitative estimate of drug-likeness (QED) is 0.684. The molecule has 1 saturated heterocycles. The first kappa shape index (κ1) is 18.0. The smallest absolute Gasteiger partial charge is 0.311 e. The molecule has 5 heteroatoms.